The molecule has 2 atom stereocenters. The minimum Gasteiger partial charge on any atom is -0.490 e. The van der Waals surface area contributed by atoms with Gasteiger partial charge >= 0.3 is 0 Å². The van der Waals surface area contributed by atoms with Crippen molar-refractivity contribution in [3.63, 3.8) is 0 Å². The first-order valence-electron chi connectivity index (χ1n) is 12.1. The molecule has 2 saturated heterocycles. The fraction of sp³-hybridized carbons (Fsp3) is 0.560. The van der Waals surface area contributed by atoms with Gasteiger partial charge in [-0.25, -0.2) is 9.37 Å². The lowest BCUT2D eigenvalue weighted by atomic mass is 9.90. The number of piperazine rings is 1. The third-order valence-electron chi connectivity index (χ3n) is 6.83. The molecule has 2 amide bonds. The van der Waals surface area contributed by atoms with Gasteiger partial charge in [-0.3, -0.25) is 9.59 Å². The second kappa shape index (κ2) is 11.0. The maximum Gasteiger partial charge on any atom is 0.242 e. The van der Waals surface area contributed by atoms with E-state index >= 15 is 0 Å². The normalized spacial score (nSPS) is 21.5. The smallest absolute Gasteiger partial charge is 0.242 e. The van der Waals surface area contributed by atoms with E-state index in [4.69, 9.17) is 4.74 Å². The van der Waals surface area contributed by atoms with Gasteiger partial charge in [-0.05, 0) is 31.3 Å². The van der Waals surface area contributed by atoms with Crippen molar-refractivity contribution in [2.45, 2.75) is 38.8 Å². The van der Waals surface area contributed by atoms with Gasteiger partial charge in [-0.2, -0.15) is 0 Å². The van der Waals surface area contributed by atoms with Gasteiger partial charge in [0.1, 0.15) is 30.0 Å². The molecule has 0 bridgehead atoms. The number of likely N-dealkylation sites (N-methyl/N-ethyl adjacent to an activating group) is 1. The number of halogens is 1. The predicted molar refractivity (Wildman–Crippen MR) is 126 cm³/mol. The van der Waals surface area contributed by atoms with E-state index in [0.29, 0.717) is 44.8 Å². The van der Waals surface area contributed by atoms with Crippen LogP contribution < -0.4 is 4.74 Å². The molecule has 184 valence electrons. The van der Waals surface area contributed by atoms with E-state index in [1.54, 1.807) is 18.3 Å². The summed E-state index contributed by atoms with van der Waals surface area (Å²) < 4.78 is 21.4. The molecule has 2 aromatic rings. The third kappa shape index (κ3) is 5.94. The highest BCUT2D eigenvalue weighted by atomic mass is 19.1. The monoisotopic (exact) mass is 471 g/mol. The van der Waals surface area contributed by atoms with E-state index in [1.807, 2.05) is 27.5 Å². The summed E-state index contributed by atoms with van der Waals surface area (Å²) in [5.41, 5.74) is 0. The molecular weight excluding hydrogens is 437 g/mol. The summed E-state index contributed by atoms with van der Waals surface area (Å²) in [7, 11) is 2.06. The Morgan fingerprint density at radius 1 is 1.06 bits per heavy atom. The molecule has 0 unspecified atom stereocenters. The molecule has 1 aromatic heterocycles. The van der Waals surface area contributed by atoms with Crippen LogP contribution in [0.2, 0.25) is 0 Å². The van der Waals surface area contributed by atoms with Crippen molar-refractivity contribution in [1.82, 2.24) is 24.3 Å². The molecule has 0 spiro atoms. The number of likely N-dealkylation sites (tertiary alicyclic amines) is 1. The number of piperidine rings is 1. The first kappa shape index (κ1) is 24.2. The van der Waals surface area contributed by atoms with Gasteiger partial charge in [-0.15, -0.1) is 0 Å². The Bertz CT molecular complexity index is 971. The van der Waals surface area contributed by atoms with E-state index in [0.717, 1.165) is 25.3 Å². The van der Waals surface area contributed by atoms with Gasteiger partial charge in [0, 0.05) is 76.8 Å². The van der Waals surface area contributed by atoms with Gasteiger partial charge in [0.2, 0.25) is 11.8 Å². The van der Waals surface area contributed by atoms with E-state index < -0.39 is 0 Å². The van der Waals surface area contributed by atoms with Gasteiger partial charge < -0.3 is 24.0 Å². The number of ether oxygens (including phenoxy) is 1. The zero-order valence-corrected chi connectivity index (χ0v) is 20.0. The average molecular weight is 472 g/mol. The van der Waals surface area contributed by atoms with Crippen molar-refractivity contribution in [3.8, 4) is 5.75 Å². The van der Waals surface area contributed by atoms with Crippen molar-refractivity contribution in [1.29, 1.82) is 0 Å². The summed E-state index contributed by atoms with van der Waals surface area (Å²) in [5.74, 6) is 1.12. The molecule has 3 heterocycles. The van der Waals surface area contributed by atoms with Crippen molar-refractivity contribution >= 4 is 11.8 Å². The van der Waals surface area contributed by atoms with Crippen molar-refractivity contribution in [3.05, 3.63) is 48.3 Å². The van der Waals surface area contributed by atoms with Crippen LogP contribution in [0.3, 0.4) is 0 Å². The quantitative estimate of drug-likeness (QED) is 0.618. The summed E-state index contributed by atoms with van der Waals surface area (Å²) in [4.78, 5) is 36.5. The Kier molecular flexibility index (Phi) is 7.82. The van der Waals surface area contributed by atoms with Crippen molar-refractivity contribution in [2.75, 3.05) is 46.3 Å². The highest BCUT2D eigenvalue weighted by molar-refractivity contribution is 5.78. The number of hydrogen-bond acceptors (Lipinski definition) is 5. The number of carbonyl (C=O) groups is 2. The lowest BCUT2D eigenvalue weighted by Gasteiger charge is -2.40. The molecule has 0 saturated carbocycles. The molecular formula is C25H34FN5O3. The van der Waals surface area contributed by atoms with Crippen LogP contribution in [0.4, 0.5) is 4.39 Å². The maximum absolute atomic E-state index is 13.3. The van der Waals surface area contributed by atoms with Gasteiger partial charge in [0.05, 0.1) is 0 Å². The van der Waals surface area contributed by atoms with Crippen LogP contribution in [0.1, 0.15) is 25.6 Å². The SMILES string of the molecule is CCc1nccn1CC(=O)N1CC[C@H](Oc2ccc(F)cc2)[C@@H](CC(=O)N2CCN(C)CC2)C1. The second-order valence-electron chi connectivity index (χ2n) is 9.21. The Morgan fingerprint density at radius 3 is 2.50 bits per heavy atom. The molecule has 2 aliphatic heterocycles. The topological polar surface area (TPSA) is 70.9 Å². The highest BCUT2D eigenvalue weighted by Gasteiger charge is 2.35. The Labute approximate surface area is 200 Å². The molecule has 2 fully saturated rings. The van der Waals surface area contributed by atoms with E-state index in [-0.39, 0.29) is 36.2 Å². The molecule has 4 rings (SSSR count). The lowest BCUT2D eigenvalue weighted by Crippen LogP contribution is -2.52. The van der Waals surface area contributed by atoms with Crippen molar-refractivity contribution in [2.24, 2.45) is 5.92 Å². The van der Waals surface area contributed by atoms with Crippen LogP contribution >= 0.6 is 0 Å². The van der Waals surface area contributed by atoms with Gasteiger partial charge in [0.25, 0.3) is 0 Å². The Balaban J connectivity index is 1.44. The van der Waals surface area contributed by atoms with E-state index in [2.05, 4.69) is 16.9 Å². The molecule has 0 aliphatic carbocycles. The number of rotatable bonds is 7. The standard InChI is InChI=1S/C25H34FN5O3/c1-3-23-27-9-11-30(23)18-25(33)31-10-8-22(34-21-6-4-20(26)5-7-21)19(17-31)16-24(32)29-14-12-28(2)13-15-29/h4-7,9,11,19,22H,3,8,10,12-18H2,1-2H3/t19-,22-/m0/s1. The summed E-state index contributed by atoms with van der Waals surface area (Å²) in [5, 5.41) is 0. The minimum atomic E-state index is -0.319. The fourth-order valence-corrected chi connectivity index (χ4v) is 4.73. The number of imidazole rings is 1. The lowest BCUT2D eigenvalue weighted by molar-refractivity contribution is -0.140. The number of aromatic nitrogens is 2. The summed E-state index contributed by atoms with van der Waals surface area (Å²) >= 11 is 0. The average Bonchev–Trinajstić information content (AvgIpc) is 3.29. The summed E-state index contributed by atoms with van der Waals surface area (Å²) in [6.45, 7) is 6.43. The molecule has 0 N–H and O–H groups in total. The molecule has 0 radical (unpaired) electrons. The zero-order valence-electron chi connectivity index (χ0n) is 20.0. The second-order valence-corrected chi connectivity index (χ2v) is 9.21. The Hall–Kier alpha value is -2.94. The van der Waals surface area contributed by atoms with Crippen molar-refractivity contribution < 1.29 is 18.7 Å². The van der Waals surface area contributed by atoms with Crippen LogP contribution in [0, 0.1) is 11.7 Å². The Morgan fingerprint density at radius 2 is 1.79 bits per heavy atom. The number of benzene rings is 1. The fourth-order valence-electron chi connectivity index (χ4n) is 4.73. The maximum atomic E-state index is 13.3. The number of amides is 2. The van der Waals surface area contributed by atoms with Gasteiger partial charge in [-0.1, -0.05) is 6.92 Å². The van der Waals surface area contributed by atoms with Crippen LogP contribution in [-0.2, 0) is 22.6 Å². The first-order chi connectivity index (χ1) is 16.4. The molecule has 2 aliphatic rings. The predicted octanol–water partition coefficient (Wildman–Crippen LogP) is 2.04. The largest absolute Gasteiger partial charge is 0.490 e. The summed E-state index contributed by atoms with van der Waals surface area (Å²) in [6, 6.07) is 5.96. The highest BCUT2D eigenvalue weighted by Crippen LogP contribution is 2.27. The van der Waals surface area contributed by atoms with Crippen LogP contribution in [0.15, 0.2) is 36.7 Å². The van der Waals surface area contributed by atoms with Crippen LogP contribution in [0.5, 0.6) is 5.75 Å². The molecule has 1 aromatic carbocycles. The molecule has 34 heavy (non-hydrogen) atoms. The number of nitrogens with zero attached hydrogens (tertiary/aromatic N) is 5. The number of carbonyl (C=O) groups excluding carboxylic acids is 2. The summed E-state index contributed by atoms with van der Waals surface area (Å²) in [6.07, 6.45) is 5.03. The zero-order chi connectivity index (χ0) is 24.1. The van der Waals surface area contributed by atoms with E-state index in [9.17, 15) is 14.0 Å². The molecule has 9 heteroatoms. The van der Waals surface area contributed by atoms with Crippen LogP contribution in [-0.4, -0.2) is 88.5 Å². The van der Waals surface area contributed by atoms with Gasteiger partial charge in [0.15, 0.2) is 0 Å². The van der Waals surface area contributed by atoms with E-state index in [1.165, 1.54) is 12.1 Å². The minimum absolute atomic E-state index is 0.0185. The third-order valence-corrected chi connectivity index (χ3v) is 6.83. The van der Waals surface area contributed by atoms with Crippen LogP contribution in [0.25, 0.3) is 0 Å². The molecule has 8 nitrogen and oxygen atoms in total. The number of hydrogen-bond donors (Lipinski definition) is 0. The number of aryl methyl sites for hydroxylation is 1. The first-order valence-corrected chi connectivity index (χ1v) is 12.1.